The number of benzene rings is 1. The number of hydrogen-bond donors (Lipinski definition) is 0. The first-order valence-corrected chi connectivity index (χ1v) is 10.7. The molecule has 0 saturated carbocycles. The van der Waals surface area contributed by atoms with Gasteiger partial charge in [-0.1, -0.05) is 12.1 Å². The summed E-state index contributed by atoms with van der Waals surface area (Å²) in [6.45, 7) is -0.670. The van der Waals surface area contributed by atoms with E-state index in [1.807, 2.05) is 0 Å². The molecule has 2 atom stereocenters. The summed E-state index contributed by atoms with van der Waals surface area (Å²) < 4.78 is 204. The number of alkyl halides is 13. The van der Waals surface area contributed by atoms with Crippen LogP contribution in [0.2, 0.25) is 0 Å². The number of nitrogens with zero attached hydrogens (tertiary/aromatic N) is 1. The minimum absolute atomic E-state index is 0.134. The van der Waals surface area contributed by atoms with Crippen LogP contribution < -0.4 is 4.74 Å². The number of ether oxygens (including phenoxy) is 1. The summed E-state index contributed by atoms with van der Waals surface area (Å²) in [7, 11) is -5.11. The molecule has 0 amide bonds. The van der Waals surface area contributed by atoms with Gasteiger partial charge in [-0.25, -0.2) is 8.42 Å². The Kier molecular flexibility index (Phi) is 7.37. The van der Waals surface area contributed by atoms with Crippen LogP contribution in [0.25, 0.3) is 0 Å². The summed E-state index contributed by atoms with van der Waals surface area (Å²) in [6, 6.07) is 4.32. The molecule has 1 aromatic rings. The molecule has 1 saturated heterocycles. The molecule has 208 valence electrons. The standard InChI is InChI=1S/C17H14F13NO4S/c1-31-7-10(8-3-5-9(34-2)6-4-8)11(35-31)36(32,33)17(29,30)15(24,25)13(20,21)12(18,19)14(22,23)16(26,27)28/h3-6,10-11H,7H2,1-2H3. The van der Waals surface area contributed by atoms with Crippen molar-refractivity contribution in [1.29, 1.82) is 0 Å². The van der Waals surface area contributed by atoms with E-state index in [1.54, 1.807) is 0 Å². The van der Waals surface area contributed by atoms with Crippen molar-refractivity contribution in [2.24, 2.45) is 0 Å². The first-order valence-electron chi connectivity index (χ1n) is 9.13. The van der Waals surface area contributed by atoms with Crippen LogP contribution in [0.15, 0.2) is 24.3 Å². The van der Waals surface area contributed by atoms with Crippen LogP contribution in [0.5, 0.6) is 5.75 Å². The normalized spacial score (nSPS) is 21.6. The highest BCUT2D eigenvalue weighted by atomic mass is 32.2. The van der Waals surface area contributed by atoms with E-state index in [0.717, 1.165) is 31.3 Å². The second-order valence-electron chi connectivity index (χ2n) is 7.52. The zero-order chi connectivity index (χ0) is 28.3. The molecular formula is C17H14F13NO4S. The molecule has 1 aliphatic rings. The van der Waals surface area contributed by atoms with Gasteiger partial charge in [0.05, 0.1) is 7.11 Å². The zero-order valence-corrected chi connectivity index (χ0v) is 18.4. The Bertz CT molecular complexity index is 1060. The van der Waals surface area contributed by atoms with Gasteiger partial charge in [0.15, 0.2) is 5.44 Å². The molecule has 2 rings (SSSR count). The van der Waals surface area contributed by atoms with Crippen molar-refractivity contribution in [2.45, 2.75) is 46.5 Å². The van der Waals surface area contributed by atoms with E-state index in [9.17, 15) is 65.5 Å². The third kappa shape index (κ3) is 4.15. The summed E-state index contributed by atoms with van der Waals surface area (Å²) in [5.74, 6) is -34.2. The van der Waals surface area contributed by atoms with Crippen LogP contribution >= 0.6 is 0 Å². The molecule has 0 radical (unpaired) electrons. The van der Waals surface area contributed by atoms with Crippen molar-refractivity contribution >= 4 is 9.84 Å². The quantitative estimate of drug-likeness (QED) is 0.405. The summed E-state index contributed by atoms with van der Waals surface area (Å²) in [6.07, 6.45) is -7.61. The Morgan fingerprint density at radius 1 is 0.806 bits per heavy atom. The Balaban J connectivity index is 2.60. The van der Waals surface area contributed by atoms with Crippen molar-refractivity contribution in [3.05, 3.63) is 29.8 Å². The second kappa shape index (κ2) is 8.78. The summed E-state index contributed by atoms with van der Waals surface area (Å²) in [5, 5.41) is -6.86. The van der Waals surface area contributed by atoms with Crippen molar-refractivity contribution in [2.75, 3.05) is 20.7 Å². The van der Waals surface area contributed by atoms with E-state index >= 15 is 0 Å². The minimum Gasteiger partial charge on any atom is -0.497 e. The van der Waals surface area contributed by atoms with Crippen LogP contribution in [0.3, 0.4) is 0 Å². The molecule has 1 fully saturated rings. The molecule has 1 aliphatic heterocycles. The number of likely N-dealkylation sites (N-methyl/N-ethyl adjacent to an activating group) is 1. The highest BCUT2D eigenvalue weighted by molar-refractivity contribution is 7.93. The molecule has 2 unspecified atom stereocenters. The van der Waals surface area contributed by atoms with E-state index in [4.69, 9.17) is 4.74 Å². The molecule has 1 aromatic carbocycles. The molecule has 0 N–H and O–H groups in total. The van der Waals surface area contributed by atoms with Gasteiger partial charge in [-0.2, -0.15) is 62.1 Å². The fourth-order valence-corrected chi connectivity index (χ4v) is 4.84. The van der Waals surface area contributed by atoms with Crippen molar-refractivity contribution in [3.63, 3.8) is 0 Å². The van der Waals surface area contributed by atoms with Gasteiger partial charge in [-0.05, 0) is 17.7 Å². The second-order valence-corrected chi connectivity index (χ2v) is 9.59. The molecule has 0 spiro atoms. The maximum atomic E-state index is 14.5. The van der Waals surface area contributed by atoms with Crippen LogP contribution in [0.1, 0.15) is 11.5 Å². The predicted octanol–water partition coefficient (Wildman–Crippen LogP) is 5.09. The van der Waals surface area contributed by atoms with Gasteiger partial charge < -0.3 is 4.74 Å². The van der Waals surface area contributed by atoms with Gasteiger partial charge >= 0.3 is 35.1 Å². The van der Waals surface area contributed by atoms with Crippen molar-refractivity contribution in [1.82, 2.24) is 5.06 Å². The van der Waals surface area contributed by atoms with E-state index in [0.29, 0.717) is 5.06 Å². The Morgan fingerprint density at radius 2 is 1.25 bits per heavy atom. The lowest BCUT2D eigenvalue weighted by Gasteiger charge is -2.39. The number of sulfone groups is 1. The van der Waals surface area contributed by atoms with Crippen molar-refractivity contribution < 1.29 is 75.1 Å². The third-order valence-electron chi connectivity index (χ3n) is 5.18. The lowest BCUT2D eigenvalue weighted by molar-refractivity contribution is -0.433. The molecule has 19 heteroatoms. The van der Waals surface area contributed by atoms with Gasteiger partial charge in [-0.15, -0.1) is 0 Å². The maximum absolute atomic E-state index is 14.5. The van der Waals surface area contributed by atoms with Gasteiger partial charge in [0, 0.05) is 19.5 Å². The van der Waals surface area contributed by atoms with E-state index in [-0.39, 0.29) is 11.3 Å². The Labute approximate surface area is 193 Å². The van der Waals surface area contributed by atoms with E-state index in [2.05, 4.69) is 4.84 Å². The topological polar surface area (TPSA) is 55.8 Å². The largest absolute Gasteiger partial charge is 0.497 e. The molecule has 0 aliphatic carbocycles. The smallest absolute Gasteiger partial charge is 0.460 e. The first-order chi connectivity index (χ1) is 15.9. The van der Waals surface area contributed by atoms with E-state index in [1.165, 1.54) is 7.11 Å². The Morgan fingerprint density at radius 3 is 1.67 bits per heavy atom. The number of hydrogen-bond acceptors (Lipinski definition) is 5. The van der Waals surface area contributed by atoms with Gasteiger partial charge in [0.1, 0.15) is 5.75 Å². The average molecular weight is 575 g/mol. The highest BCUT2D eigenvalue weighted by Gasteiger charge is 2.92. The number of rotatable bonds is 8. The molecule has 0 bridgehead atoms. The minimum atomic E-state index is -8.24. The number of hydroxylamine groups is 2. The molecule has 1 heterocycles. The van der Waals surface area contributed by atoms with Crippen LogP contribution in [-0.4, -0.2) is 74.7 Å². The average Bonchev–Trinajstić information content (AvgIpc) is 3.14. The first kappa shape index (κ1) is 30.2. The summed E-state index contributed by atoms with van der Waals surface area (Å²) in [5.41, 5.74) is -3.42. The Hall–Kier alpha value is -2.02. The van der Waals surface area contributed by atoms with Crippen LogP contribution in [-0.2, 0) is 14.7 Å². The molecule has 0 aromatic heterocycles. The van der Waals surface area contributed by atoms with Crippen molar-refractivity contribution in [3.8, 4) is 5.75 Å². The summed E-state index contributed by atoms with van der Waals surface area (Å²) >= 11 is 0. The number of methoxy groups -OCH3 is 1. The maximum Gasteiger partial charge on any atom is 0.460 e. The van der Waals surface area contributed by atoms with Crippen LogP contribution in [0, 0.1) is 0 Å². The SMILES string of the molecule is COc1ccc(C2CN(C)OC2S(=O)(=O)C(F)(F)C(F)(F)C(F)(F)C(F)(F)C(F)(F)C(F)(F)F)cc1. The number of halogens is 13. The zero-order valence-electron chi connectivity index (χ0n) is 17.6. The van der Waals surface area contributed by atoms with Gasteiger partial charge in [0.2, 0.25) is 0 Å². The molecular weight excluding hydrogens is 561 g/mol. The van der Waals surface area contributed by atoms with Crippen LogP contribution in [0.4, 0.5) is 57.1 Å². The van der Waals surface area contributed by atoms with Gasteiger partial charge in [-0.3, -0.25) is 4.84 Å². The van der Waals surface area contributed by atoms with E-state index < -0.39 is 62.9 Å². The predicted molar refractivity (Wildman–Crippen MR) is 92.9 cm³/mol. The highest BCUT2D eigenvalue weighted by Crippen LogP contribution is 2.61. The lowest BCUT2D eigenvalue weighted by atomic mass is 9.98. The molecule has 5 nitrogen and oxygen atoms in total. The third-order valence-corrected chi connectivity index (χ3v) is 7.18. The molecule has 36 heavy (non-hydrogen) atoms. The fourth-order valence-electron chi connectivity index (χ4n) is 3.12. The fraction of sp³-hybridized carbons (Fsp3) is 0.647. The lowest BCUT2D eigenvalue weighted by Crippen LogP contribution is -2.71. The monoisotopic (exact) mass is 575 g/mol. The summed E-state index contributed by atoms with van der Waals surface area (Å²) in [4.78, 5) is 4.49. The van der Waals surface area contributed by atoms with Gasteiger partial charge in [0.25, 0.3) is 9.84 Å².